The number of rotatable bonds is 9. The quantitative estimate of drug-likeness (QED) is 0.187. The van der Waals surface area contributed by atoms with Gasteiger partial charge in [-0.2, -0.15) is 5.26 Å². The maximum Gasteiger partial charge on any atom is 0.255 e. The summed E-state index contributed by atoms with van der Waals surface area (Å²) in [5.74, 6) is 0.294. The highest BCUT2D eigenvalue weighted by molar-refractivity contribution is 6.05. The smallest absolute Gasteiger partial charge is 0.255 e. The molecule has 6 aliphatic rings. The van der Waals surface area contributed by atoms with Gasteiger partial charge in [0.1, 0.15) is 24.0 Å². The molecule has 3 aromatic carbocycles. The molecule has 1 aliphatic carbocycles. The van der Waals surface area contributed by atoms with Crippen molar-refractivity contribution in [1.82, 2.24) is 25.4 Å². The minimum Gasteiger partial charge on any atom is -0.488 e. The number of piperidine rings is 2. The Morgan fingerprint density at radius 3 is 2.25 bits per heavy atom. The molecule has 3 N–H and O–H groups in total. The van der Waals surface area contributed by atoms with Crippen molar-refractivity contribution >= 4 is 45.9 Å². The van der Waals surface area contributed by atoms with Gasteiger partial charge in [-0.1, -0.05) is 27.7 Å². The van der Waals surface area contributed by atoms with Crippen molar-refractivity contribution in [2.24, 2.45) is 16.7 Å². The van der Waals surface area contributed by atoms with Crippen LogP contribution in [0.25, 0.3) is 10.9 Å². The van der Waals surface area contributed by atoms with E-state index in [9.17, 15) is 29.2 Å². The molecule has 1 aromatic heterocycles. The molecule has 4 saturated heterocycles. The number of pyridine rings is 1. The first kappa shape index (κ1) is 41.8. The molecule has 64 heavy (non-hydrogen) atoms. The summed E-state index contributed by atoms with van der Waals surface area (Å²) in [7, 11) is 0. The van der Waals surface area contributed by atoms with Gasteiger partial charge in [0.05, 0.1) is 11.1 Å². The number of amides is 4. The molecule has 1 saturated carbocycles. The molecule has 5 aliphatic heterocycles. The molecule has 5 fully saturated rings. The van der Waals surface area contributed by atoms with E-state index >= 15 is 0 Å². The Morgan fingerprint density at radius 2 is 1.56 bits per heavy atom. The molecule has 2 bridgehead atoms. The standard InChI is InChI=1S/C50H56N8O6/c1-49(2)47(50(3,4)48(49)64-40-16-7-31(24-51)43-38(40)14-17-41(59)52-43)54-44(61)30-5-8-33(9-6-30)58-35-10-11-36(58)28-55(27-35)25-29-19-21-56(22-20-29)34-12-13-37-32(23-34)26-57(46(37)63)39-15-18-42(60)53-45(39)62/h5-9,12-14,16-17,23,29,35-36,39,47-48H,10-11,15,18-22,25-28H2,1-4H3,(H,52,59)(H,54,61)(H,53,60,62). The van der Waals surface area contributed by atoms with Crippen molar-refractivity contribution in [1.29, 1.82) is 5.26 Å². The van der Waals surface area contributed by atoms with E-state index in [1.807, 2.05) is 24.3 Å². The highest BCUT2D eigenvalue weighted by Crippen LogP contribution is 2.56. The first-order chi connectivity index (χ1) is 30.7. The third-order valence-corrected chi connectivity index (χ3v) is 15.3. The van der Waals surface area contributed by atoms with Crippen LogP contribution in [0.5, 0.6) is 5.75 Å². The molecule has 10 rings (SSSR count). The maximum absolute atomic E-state index is 13.8. The lowest BCUT2D eigenvalue weighted by atomic mass is 9.49. The number of aromatic amines is 1. The lowest BCUT2D eigenvalue weighted by molar-refractivity contribution is -0.163. The number of nitrogens with one attached hydrogen (secondary N) is 3. The van der Waals surface area contributed by atoms with Gasteiger partial charge < -0.3 is 29.7 Å². The third kappa shape index (κ3) is 7.18. The number of piperazine rings is 1. The van der Waals surface area contributed by atoms with Crippen LogP contribution in [0.15, 0.2) is 71.5 Å². The Morgan fingerprint density at radius 1 is 0.859 bits per heavy atom. The zero-order chi connectivity index (χ0) is 44.7. The fourth-order valence-corrected chi connectivity index (χ4v) is 12.4. The number of anilines is 2. The van der Waals surface area contributed by atoms with E-state index in [0.717, 1.165) is 69.7 Å². The number of hydrogen-bond acceptors (Lipinski definition) is 10. The van der Waals surface area contributed by atoms with Crippen LogP contribution in [0.2, 0.25) is 0 Å². The molecule has 0 spiro atoms. The van der Waals surface area contributed by atoms with Crippen molar-refractivity contribution < 1.29 is 23.9 Å². The number of benzene rings is 3. The van der Waals surface area contributed by atoms with E-state index in [-0.39, 0.29) is 47.8 Å². The summed E-state index contributed by atoms with van der Waals surface area (Å²) in [6.45, 7) is 13.9. The van der Waals surface area contributed by atoms with Crippen LogP contribution in [0.1, 0.15) is 98.1 Å². The van der Waals surface area contributed by atoms with Gasteiger partial charge in [-0.3, -0.25) is 34.2 Å². The van der Waals surface area contributed by atoms with E-state index in [0.29, 0.717) is 64.3 Å². The number of carbonyl (C=O) groups is 4. The highest BCUT2D eigenvalue weighted by atomic mass is 16.5. The summed E-state index contributed by atoms with van der Waals surface area (Å²) >= 11 is 0. The van der Waals surface area contributed by atoms with E-state index < -0.39 is 16.9 Å². The molecule has 4 aromatic rings. The number of H-pyrrole nitrogens is 1. The number of likely N-dealkylation sites (tertiary alicyclic amines) is 1. The van der Waals surface area contributed by atoms with Crippen molar-refractivity contribution in [2.75, 3.05) is 42.5 Å². The number of aromatic nitrogens is 1. The van der Waals surface area contributed by atoms with Crippen LogP contribution >= 0.6 is 0 Å². The van der Waals surface area contributed by atoms with Crippen LogP contribution < -0.4 is 30.7 Å². The van der Waals surface area contributed by atoms with Crippen LogP contribution in [0.3, 0.4) is 0 Å². The fourth-order valence-electron chi connectivity index (χ4n) is 12.4. The second-order valence-corrected chi connectivity index (χ2v) is 20.1. The lowest BCUT2D eigenvalue weighted by Gasteiger charge is -2.63. The Bertz CT molecular complexity index is 2630. The Hall–Kier alpha value is -6.20. The Kier molecular flexibility index (Phi) is 10.3. The molecule has 6 heterocycles. The molecule has 3 unspecified atom stereocenters. The number of imide groups is 1. The number of hydrogen-bond donors (Lipinski definition) is 3. The van der Waals surface area contributed by atoms with Crippen molar-refractivity contribution in [2.45, 2.75) is 103 Å². The molecule has 332 valence electrons. The van der Waals surface area contributed by atoms with E-state index in [2.05, 4.69) is 82.3 Å². The van der Waals surface area contributed by atoms with Gasteiger partial charge in [0.25, 0.3) is 11.8 Å². The molecular weight excluding hydrogens is 809 g/mol. The first-order valence-corrected chi connectivity index (χ1v) is 22.9. The van der Waals surface area contributed by atoms with Crippen LogP contribution in [-0.4, -0.2) is 101 Å². The zero-order valence-corrected chi connectivity index (χ0v) is 37.0. The monoisotopic (exact) mass is 864 g/mol. The first-order valence-electron chi connectivity index (χ1n) is 22.9. The average molecular weight is 865 g/mol. The minimum absolute atomic E-state index is 0.112. The van der Waals surface area contributed by atoms with Crippen LogP contribution in [-0.2, 0) is 16.1 Å². The van der Waals surface area contributed by atoms with Gasteiger partial charge in [-0.05, 0) is 104 Å². The van der Waals surface area contributed by atoms with Gasteiger partial charge in [0.15, 0.2) is 0 Å². The largest absolute Gasteiger partial charge is 0.488 e. The number of fused-ring (bicyclic) bond motifs is 4. The van der Waals surface area contributed by atoms with Gasteiger partial charge in [-0.25, -0.2) is 0 Å². The topological polar surface area (TPSA) is 171 Å². The van der Waals surface area contributed by atoms with Gasteiger partial charge in [0.2, 0.25) is 17.4 Å². The predicted octanol–water partition coefficient (Wildman–Crippen LogP) is 5.34. The van der Waals surface area contributed by atoms with Crippen LogP contribution in [0.4, 0.5) is 11.4 Å². The van der Waals surface area contributed by atoms with E-state index in [1.165, 1.54) is 11.8 Å². The molecule has 3 atom stereocenters. The molecule has 14 nitrogen and oxygen atoms in total. The molecule has 0 radical (unpaired) electrons. The van der Waals surface area contributed by atoms with E-state index in [1.54, 1.807) is 23.1 Å². The van der Waals surface area contributed by atoms with Gasteiger partial charge in [0, 0.05) is 109 Å². The second kappa shape index (κ2) is 15.8. The number of nitrogens with zero attached hydrogens (tertiary/aromatic N) is 5. The number of ether oxygens (including phenoxy) is 1. The third-order valence-electron chi connectivity index (χ3n) is 15.3. The summed E-state index contributed by atoms with van der Waals surface area (Å²) in [5, 5.41) is 16.0. The molecule has 14 heteroatoms. The summed E-state index contributed by atoms with van der Waals surface area (Å²) in [6.07, 6.45) is 4.91. The van der Waals surface area contributed by atoms with Gasteiger partial charge >= 0.3 is 0 Å². The Labute approximate surface area is 372 Å². The lowest BCUT2D eigenvalue weighted by Crippen LogP contribution is -2.74. The van der Waals surface area contributed by atoms with Crippen molar-refractivity contribution in [3.63, 3.8) is 0 Å². The summed E-state index contributed by atoms with van der Waals surface area (Å²) in [4.78, 5) is 75.3. The predicted molar refractivity (Wildman–Crippen MR) is 242 cm³/mol. The molecule has 4 amide bonds. The van der Waals surface area contributed by atoms with Crippen molar-refractivity contribution in [3.05, 3.63) is 99.3 Å². The maximum atomic E-state index is 13.8. The summed E-state index contributed by atoms with van der Waals surface area (Å²) in [5.41, 5.74) is 4.24. The molecular formula is C50H56N8O6. The van der Waals surface area contributed by atoms with Gasteiger partial charge in [-0.15, -0.1) is 0 Å². The highest BCUT2D eigenvalue weighted by Gasteiger charge is 2.64. The number of nitriles is 1. The van der Waals surface area contributed by atoms with Crippen LogP contribution in [0, 0.1) is 28.1 Å². The summed E-state index contributed by atoms with van der Waals surface area (Å²) in [6, 6.07) is 23.0. The second-order valence-electron chi connectivity index (χ2n) is 20.1. The fraction of sp³-hybridized carbons (Fsp3) is 0.480. The Balaban J connectivity index is 0.716. The zero-order valence-electron chi connectivity index (χ0n) is 37.0. The summed E-state index contributed by atoms with van der Waals surface area (Å²) < 4.78 is 6.65. The van der Waals surface area contributed by atoms with Crippen molar-refractivity contribution in [3.8, 4) is 11.8 Å². The normalized spacial score (nSPS) is 26.3. The number of carbonyl (C=O) groups excluding carboxylic acids is 4. The van der Waals surface area contributed by atoms with E-state index in [4.69, 9.17) is 4.74 Å². The average Bonchev–Trinajstić information content (AvgIpc) is 3.75. The minimum atomic E-state index is -0.606. The SMILES string of the molecule is CC1(C)C(NC(=O)c2ccc(N3C4CCC3CN(CC3CCN(c5ccc6c(c5)CN(C5CCC(=O)NC5=O)C6=O)CC3)C4)cc2)C(C)(C)C1Oc1ccc(C#N)c2[nH]c(=O)ccc12.